The molecule has 2 spiro atoms. The molecule has 16 nitrogen and oxygen atoms in total. The average Bonchev–Trinajstić information content (AvgIpc) is 4.14. The number of nitrogens with one attached hydrogen (secondary N) is 2. The first-order chi connectivity index (χ1) is 31.6. The third-order valence-corrected chi connectivity index (χ3v) is 16.3. The van der Waals surface area contributed by atoms with E-state index in [1.807, 2.05) is 9.80 Å². The molecular formula is C49H73ClF2N14O2. The first-order valence-corrected chi connectivity index (χ1v) is 24.2. The van der Waals surface area contributed by atoms with Gasteiger partial charge in [0.15, 0.2) is 28.4 Å². The van der Waals surface area contributed by atoms with Gasteiger partial charge in [0, 0.05) is 66.2 Å². The lowest BCUT2D eigenvalue weighted by molar-refractivity contribution is -0.00744. The second-order valence-electron chi connectivity index (χ2n) is 21.0. The Morgan fingerprint density at radius 2 is 1.37 bits per heavy atom. The summed E-state index contributed by atoms with van der Waals surface area (Å²) >= 11 is 5.33. The van der Waals surface area contributed by atoms with E-state index in [9.17, 15) is 18.4 Å². The summed E-state index contributed by atoms with van der Waals surface area (Å²) in [6.07, 6.45) is 10.9. The van der Waals surface area contributed by atoms with Crippen LogP contribution in [0.15, 0.2) is 34.5 Å². The summed E-state index contributed by atoms with van der Waals surface area (Å²) < 4.78 is 26.6. The van der Waals surface area contributed by atoms with Crippen molar-refractivity contribution in [2.24, 2.45) is 4.99 Å². The minimum atomic E-state index is -0.518. The SMILES string of the molecule is C.C[C@H]1CN(C)C2(CCCC2)CN1C(=O)N1Cc2c(N)n[nH]c2C1(C)C.Cc1ccc(F)c(Cl)n1.Cc1ncc(F)c(NC2=NCC3=C2CN(C(=O)N2CC4(CCCC4)N(C)C[C@@H]2C)C3(C)C)n1. The summed E-state index contributed by atoms with van der Waals surface area (Å²) in [5, 5.41) is 10.2. The number of carbonyl (C=O) groups excluding carboxylic acids is 2. The Bertz CT molecular complexity index is 2440. The number of H-pyrrole nitrogens is 1. The number of anilines is 2. The Hall–Kier alpha value is -4.94. The third kappa shape index (κ3) is 9.16. The van der Waals surface area contributed by atoms with Crippen LogP contribution in [0.25, 0.3) is 0 Å². The number of urea groups is 2. The fraction of sp³-hybridized carbons (Fsp3) is 0.653. The second-order valence-corrected chi connectivity index (χ2v) is 21.3. The highest BCUT2D eigenvalue weighted by molar-refractivity contribution is 6.29. The van der Waals surface area contributed by atoms with Crippen molar-refractivity contribution in [1.82, 2.24) is 54.5 Å². The number of hydrogen-bond donors (Lipinski definition) is 3. The Morgan fingerprint density at radius 3 is 1.88 bits per heavy atom. The van der Waals surface area contributed by atoms with E-state index < -0.39 is 22.7 Å². The van der Waals surface area contributed by atoms with Crippen LogP contribution < -0.4 is 11.1 Å². The molecule has 0 aromatic carbocycles. The minimum Gasteiger partial charge on any atom is -0.382 e. The van der Waals surface area contributed by atoms with Crippen LogP contribution in [0.5, 0.6) is 0 Å². The van der Waals surface area contributed by atoms with Gasteiger partial charge < -0.3 is 30.7 Å². The summed E-state index contributed by atoms with van der Waals surface area (Å²) in [5.74, 6) is 0.729. The molecule has 372 valence electrons. The molecule has 2 saturated heterocycles. The van der Waals surface area contributed by atoms with Gasteiger partial charge in [-0.1, -0.05) is 44.7 Å². The smallest absolute Gasteiger partial charge is 0.321 e. The predicted molar refractivity (Wildman–Crippen MR) is 263 cm³/mol. The highest BCUT2D eigenvalue weighted by atomic mass is 35.5. The van der Waals surface area contributed by atoms with E-state index in [1.54, 1.807) is 19.9 Å². The molecule has 4 N–H and O–H groups in total. The molecule has 3 aromatic heterocycles. The molecule has 0 bridgehead atoms. The molecule has 19 heteroatoms. The zero-order valence-corrected chi connectivity index (χ0v) is 41.7. The monoisotopic (exact) mass is 963 g/mol. The fourth-order valence-electron chi connectivity index (χ4n) is 11.7. The van der Waals surface area contributed by atoms with E-state index in [0.717, 1.165) is 73.3 Å². The van der Waals surface area contributed by atoms with Crippen LogP contribution in [0.4, 0.5) is 30.0 Å². The van der Waals surface area contributed by atoms with Crippen LogP contribution in [0.2, 0.25) is 5.15 Å². The van der Waals surface area contributed by atoms with Crippen molar-refractivity contribution in [2.45, 2.75) is 155 Å². The number of halogens is 3. The summed E-state index contributed by atoms with van der Waals surface area (Å²) in [7, 11) is 4.43. The number of rotatable bonds is 1. The molecular weight excluding hydrogens is 890 g/mol. The van der Waals surface area contributed by atoms with Crippen LogP contribution >= 0.6 is 11.6 Å². The standard InChI is InChI=1S/C24H34FN7O.C18H30N6O.C6H5ClFN.CH4/c1-15-12-30(5)24(8-6-7-9-24)14-31(15)22(33)32-13-17-18(23(32,3)4)10-27-20(17)29-21-19(25)11-26-16(2)28-21;1-12-9-22(4)18(7-5-6-8-18)11-23(12)16(25)24-10-13-14(17(24,2)3)20-21-15(13)19;1-4-2-3-5(8)6(7)9-4;/h11,15H,6-10,12-14H2,1-5H3,(H,26,27,28,29);12H,5-11H2,1-4H3,(H3,19,20,21);2-3H,1H3;1H4/t15-;12-;;/m00../s1. The second kappa shape index (κ2) is 19.1. The lowest BCUT2D eigenvalue weighted by Gasteiger charge is -2.52. The van der Waals surface area contributed by atoms with Gasteiger partial charge in [0.1, 0.15) is 11.7 Å². The minimum absolute atomic E-state index is 0. The Balaban J connectivity index is 0.000000172. The van der Waals surface area contributed by atoms with E-state index in [-0.39, 0.29) is 53.6 Å². The number of hydrogen-bond acceptors (Lipinski definition) is 11. The van der Waals surface area contributed by atoms with Crippen molar-refractivity contribution < 1.29 is 18.4 Å². The van der Waals surface area contributed by atoms with Crippen LogP contribution in [-0.2, 0) is 12.1 Å². The van der Waals surface area contributed by atoms with E-state index in [0.29, 0.717) is 37.1 Å². The summed E-state index contributed by atoms with van der Waals surface area (Å²) in [5.41, 5.74) is 10.2. The maximum Gasteiger partial charge on any atom is 0.321 e. The van der Waals surface area contributed by atoms with Crippen molar-refractivity contribution in [3.8, 4) is 0 Å². The van der Waals surface area contributed by atoms with Crippen LogP contribution in [-0.4, -0.2) is 155 Å². The van der Waals surface area contributed by atoms with Gasteiger partial charge in [0.2, 0.25) is 0 Å². The predicted octanol–water partition coefficient (Wildman–Crippen LogP) is 8.14. The first-order valence-electron chi connectivity index (χ1n) is 23.8. The summed E-state index contributed by atoms with van der Waals surface area (Å²) in [6.45, 7) is 21.1. The van der Waals surface area contributed by atoms with Gasteiger partial charge in [-0.05, 0) is 113 Å². The number of aromatic nitrogens is 5. The maximum atomic E-state index is 14.3. The lowest BCUT2D eigenvalue weighted by atomic mass is 9.90. The average molecular weight is 964 g/mol. The Labute approximate surface area is 406 Å². The van der Waals surface area contributed by atoms with Gasteiger partial charge >= 0.3 is 12.1 Å². The zero-order chi connectivity index (χ0) is 48.4. The van der Waals surface area contributed by atoms with E-state index >= 15 is 0 Å². The van der Waals surface area contributed by atoms with E-state index in [1.165, 1.54) is 44.6 Å². The number of aromatic amines is 1. The topological polar surface area (TPSA) is 171 Å². The molecule has 2 aliphatic carbocycles. The number of pyridine rings is 1. The molecule has 7 aliphatic rings. The molecule has 2 saturated carbocycles. The number of nitrogen functional groups attached to an aromatic ring is 1. The molecule has 0 radical (unpaired) electrons. The summed E-state index contributed by atoms with van der Waals surface area (Å²) in [4.78, 5) is 56.9. The largest absolute Gasteiger partial charge is 0.382 e. The number of nitrogens with two attached hydrogens (primary N) is 1. The number of amides is 4. The summed E-state index contributed by atoms with van der Waals surface area (Å²) in [6, 6.07) is 3.45. The van der Waals surface area contributed by atoms with Gasteiger partial charge in [-0.2, -0.15) is 5.10 Å². The van der Waals surface area contributed by atoms with Gasteiger partial charge in [-0.3, -0.25) is 19.9 Å². The highest BCUT2D eigenvalue weighted by Gasteiger charge is 2.52. The number of fused-ring (bicyclic) bond motifs is 1. The van der Waals surface area contributed by atoms with Crippen molar-refractivity contribution in [3.63, 3.8) is 0 Å². The first kappa shape index (κ1) is 50.9. The van der Waals surface area contributed by atoms with E-state index in [2.05, 4.69) is 111 Å². The van der Waals surface area contributed by atoms with Crippen LogP contribution in [0, 0.1) is 25.5 Å². The fourth-order valence-corrected chi connectivity index (χ4v) is 11.9. The number of likely N-dealkylation sites (N-methyl/N-ethyl adjacent to an activating group) is 2. The van der Waals surface area contributed by atoms with Crippen molar-refractivity contribution >= 4 is 41.1 Å². The number of piperazine rings is 2. The van der Waals surface area contributed by atoms with Crippen molar-refractivity contribution in [1.29, 1.82) is 0 Å². The van der Waals surface area contributed by atoms with Crippen molar-refractivity contribution in [3.05, 3.63) is 69.0 Å². The number of nitrogens with zero attached hydrogens (tertiary/aromatic N) is 11. The maximum absolute atomic E-state index is 14.3. The number of amidine groups is 1. The Kier molecular flexibility index (Phi) is 14.3. The van der Waals surface area contributed by atoms with Crippen LogP contribution in [0.1, 0.15) is 123 Å². The molecule has 0 unspecified atom stereocenters. The molecule has 4 amide bonds. The van der Waals surface area contributed by atoms with Gasteiger partial charge in [0.25, 0.3) is 0 Å². The third-order valence-electron chi connectivity index (χ3n) is 16.0. The number of aliphatic imine (C=N–C) groups is 1. The molecule has 4 fully saturated rings. The Morgan fingerprint density at radius 1 is 0.824 bits per heavy atom. The molecule has 3 aromatic rings. The van der Waals surface area contributed by atoms with Crippen molar-refractivity contribution in [2.75, 3.05) is 64.4 Å². The van der Waals surface area contributed by atoms with E-state index in [4.69, 9.17) is 17.3 Å². The molecule has 2 atom stereocenters. The lowest BCUT2D eigenvalue weighted by Crippen LogP contribution is -2.66. The van der Waals surface area contributed by atoms with Gasteiger partial charge in [-0.25, -0.2) is 33.3 Å². The zero-order valence-electron chi connectivity index (χ0n) is 40.9. The molecule has 5 aliphatic heterocycles. The van der Waals surface area contributed by atoms with Gasteiger partial charge in [-0.15, -0.1) is 0 Å². The highest BCUT2D eigenvalue weighted by Crippen LogP contribution is 2.45. The molecule has 68 heavy (non-hydrogen) atoms. The molecule has 10 rings (SSSR count). The molecule has 8 heterocycles. The quantitative estimate of drug-likeness (QED) is 0.202. The number of aryl methyl sites for hydroxylation is 2. The van der Waals surface area contributed by atoms with Crippen LogP contribution in [0.3, 0.4) is 0 Å². The van der Waals surface area contributed by atoms with Gasteiger partial charge in [0.05, 0.1) is 42.6 Å². The normalized spacial score (nSPS) is 24.3. The number of carbonyl (C=O) groups is 2.